The van der Waals surface area contributed by atoms with Gasteiger partial charge in [-0.1, -0.05) is 31.9 Å². The van der Waals surface area contributed by atoms with Crippen molar-refractivity contribution in [3.05, 3.63) is 29.3 Å². The molecule has 2 rings (SSSR count). The molecule has 0 heterocycles. The zero-order valence-corrected chi connectivity index (χ0v) is 11.8. The van der Waals surface area contributed by atoms with Crippen LogP contribution in [0.15, 0.2) is 18.2 Å². The Morgan fingerprint density at radius 3 is 2.61 bits per heavy atom. The summed E-state index contributed by atoms with van der Waals surface area (Å²) in [6, 6.07) is 6.37. The third-order valence-corrected chi connectivity index (χ3v) is 4.59. The minimum Gasteiger partial charge on any atom is -0.399 e. The highest BCUT2D eigenvalue weighted by molar-refractivity contribution is 5.48. The zero-order valence-electron chi connectivity index (χ0n) is 11.8. The maximum atomic E-state index is 5.94. The quantitative estimate of drug-likeness (QED) is 0.778. The van der Waals surface area contributed by atoms with Crippen LogP contribution in [0.4, 0.5) is 5.69 Å². The molecular formula is C16H26N2. The topological polar surface area (TPSA) is 38.0 Å². The molecule has 0 aliphatic heterocycles. The monoisotopic (exact) mass is 246 g/mol. The molecule has 2 nitrogen and oxygen atoms in total. The highest BCUT2D eigenvalue weighted by Gasteiger charge is 2.31. The second-order valence-corrected chi connectivity index (χ2v) is 5.86. The van der Waals surface area contributed by atoms with Crippen LogP contribution in [-0.4, -0.2) is 6.54 Å². The molecule has 1 aliphatic rings. The van der Waals surface area contributed by atoms with Crippen LogP contribution in [0.25, 0.3) is 0 Å². The second kappa shape index (κ2) is 5.75. The number of anilines is 1. The van der Waals surface area contributed by atoms with Crippen molar-refractivity contribution in [2.24, 2.45) is 5.41 Å². The number of rotatable bonds is 5. The molecule has 0 radical (unpaired) electrons. The van der Waals surface area contributed by atoms with Gasteiger partial charge in [-0.2, -0.15) is 0 Å². The molecule has 0 spiro atoms. The number of nitrogens with one attached hydrogen (secondary N) is 1. The molecule has 0 saturated heterocycles. The molecule has 1 aliphatic carbocycles. The number of hydrogen-bond acceptors (Lipinski definition) is 2. The Morgan fingerprint density at radius 1 is 1.28 bits per heavy atom. The minimum atomic E-state index is 0.566. The Kier molecular flexibility index (Phi) is 4.28. The molecular weight excluding hydrogens is 220 g/mol. The first-order chi connectivity index (χ1) is 8.65. The molecule has 0 atom stereocenters. The molecule has 1 aromatic carbocycles. The summed E-state index contributed by atoms with van der Waals surface area (Å²) in [4.78, 5) is 0. The average Bonchev–Trinajstić information content (AvgIpc) is 2.83. The van der Waals surface area contributed by atoms with Gasteiger partial charge in [-0.05, 0) is 48.8 Å². The summed E-state index contributed by atoms with van der Waals surface area (Å²) < 4.78 is 0. The molecule has 0 amide bonds. The van der Waals surface area contributed by atoms with Gasteiger partial charge in [-0.15, -0.1) is 0 Å². The van der Waals surface area contributed by atoms with Crippen molar-refractivity contribution in [3.8, 4) is 0 Å². The van der Waals surface area contributed by atoms with Gasteiger partial charge in [0, 0.05) is 18.8 Å². The molecule has 1 aromatic rings. The zero-order chi connectivity index (χ0) is 13.0. The van der Waals surface area contributed by atoms with E-state index in [4.69, 9.17) is 5.73 Å². The van der Waals surface area contributed by atoms with Crippen LogP contribution in [0.3, 0.4) is 0 Å². The number of aryl methyl sites for hydroxylation is 1. The first-order valence-electron chi connectivity index (χ1n) is 7.21. The van der Waals surface area contributed by atoms with Crippen molar-refractivity contribution in [2.75, 3.05) is 12.3 Å². The van der Waals surface area contributed by atoms with E-state index in [2.05, 4.69) is 37.4 Å². The third-order valence-electron chi connectivity index (χ3n) is 4.59. The Hall–Kier alpha value is -1.02. The van der Waals surface area contributed by atoms with Crippen LogP contribution < -0.4 is 11.1 Å². The van der Waals surface area contributed by atoms with Crippen molar-refractivity contribution in [1.29, 1.82) is 0 Å². The third kappa shape index (κ3) is 3.05. The largest absolute Gasteiger partial charge is 0.399 e. The lowest BCUT2D eigenvalue weighted by atomic mass is 9.83. The molecule has 18 heavy (non-hydrogen) atoms. The van der Waals surface area contributed by atoms with E-state index in [0.29, 0.717) is 5.41 Å². The maximum Gasteiger partial charge on any atom is 0.0346 e. The van der Waals surface area contributed by atoms with E-state index in [1.807, 2.05) is 0 Å². The smallest absolute Gasteiger partial charge is 0.0346 e. The summed E-state index contributed by atoms with van der Waals surface area (Å²) in [5.41, 5.74) is 9.87. The minimum absolute atomic E-state index is 0.566. The van der Waals surface area contributed by atoms with Gasteiger partial charge in [-0.3, -0.25) is 0 Å². The number of hydrogen-bond donors (Lipinski definition) is 2. The molecule has 1 fully saturated rings. The van der Waals surface area contributed by atoms with Gasteiger partial charge in [0.1, 0.15) is 0 Å². The summed E-state index contributed by atoms with van der Waals surface area (Å²) in [5.74, 6) is 0. The normalized spacial score (nSPS) is 18.1. The fourth-order valence-corrected chi connectivity index (χ4v) is 3.05. The van der Waals surface area contributed by atoms with Gasteiger partial charge in [-0.25, -0.2) is 0 Å². The van der Waals surface area contributed by atoms with E-state index >= 15 is 0 Å². The molecule has 3 N–H and O–H groups in total. The van der Waals surface area contributed by atoms with Gasteiger partial charge in [0.15, 0.2) is 0 Å². The first kappa shape index (κ1) is 13.4. The van der Waals surface area contributed by atoms with Crippen LogP contribution in [0.1, 0.15) is 50.2 Å². The van der Waals surface area contributed by atoms with Crippen LogP contribution in [0.2, 0.25) is 0 Å². The highest BCUT2D eigenvalue weighted by atomic mass is 14.9. The SMILES string of the molecule is CCC1(CNCc2ccc(C)c(N)c2)CCCC1. The van der Waals surface area contributed by atoms with Crippen molar-refractivity contribution >= 4 is 5.69 Å². The molecule has 0 aromatic heterocycles. The Morgan fingerprint density at radius 2 is 2.00 bits per heavy atom. The Balaban J connectivity index is 1.86. The van der Waals surface area contributed by atoms with E-state index < -0.39 is 0 Å². The lowest BCUT2D eigenvalue weighted by Gasteiger charge is -2.27. The van der Waals surface area contributed by atoms with Crippen molar-refractivity contribution in [2.45, 2.75) is 52.5 Å². The summed E-state index contributed by atoms with van der Waals surface area (Å²) in [7, 11) is 0. The molecule has 1 saturated carbocycles. The molecule has 100 valence electrons. The van der Waals surface area contributed by atoms with Crippen LogP contribution in [-0.2, 0) is 6.54 Å². The molecule has 0 unspecified atom stereocenters. The summed E-state index contributed by atoms with van der Waals surface area (Å²) >= 11 is 0. The standard InChI is InChI=1S/C16H26N2/c1-3-16(8-4-5-9-16)12-18-11-14-7-6-13(2)15(17)10-14/h6-7,10,18H,3-5,8-9,11-12,17H2,1-2H3. The second-order valence-electron chi connectivity index (χ2n) is 5.86. The number of nitrogens with two attached hydrogens (primary N) is 1. The van der Waals surface area contributed by atoms with Gasteiger partial charge in [0.05, 0.1) is 0 Å². The van der Waals surface area contributed by atoms with Crippen molar-refractivity contribution < 1.29 is 0 Å². The lowest BCUT2D eigenvalue weighted by Crippen LogP contribution is -2.31. The summed E-state index contributed by atoms with van der Waals surface area (Å²) in [6.07, 6.45) is 6.91. The number of nitrogen functional groups attached to an aromatic ring is 1. The van der Waals surface area contributed by atoms with Crippen molar-refractivity contribution in [1.82, 2.24) is 5.32 Å². The fourth-order valence-electron chi connectivity index (χ4n) is 3.05. The van der Waals surface area contributed by atoms with Gasteiger partial charge < -0.3 is 11.1 Å². The van der Waals surface area contributed by atoms with E-state index in [9.17, 15) is 0 Å². The van der Waals surface area contributed by atoms with Gasteiger partial charge >= 0.3 is 0 Å². The van der Waals surface area contributed by atoms with Crippen LogP contribution in [0, 0.1) is 12.3 Å². The lowest BCUT2D eigenvalue weighted by molar-refractivity contribution is 0.268. The van der Waals surface area contributed by atoms with E-state index in [1.54, 1.807) is 0 Å². The summed E-state index contributed by atoms with van der Waals surface area (Å²) in [6.45, 7) is 6.47. The molecule has 0 bridgehead atoms. The Labute approximate surface area is 111 Å². The summed E-state index contributed by atoms with van der Waals surface area (Å²) in [5, 5.41) is 3.63. The Bertz CT molecular complexity index is 392. The molecule has 2 heteroatoms. The fraction of sp³-hybridized carbons (Fsp3) is 0.625. The van der Waals surface area contributed by atoms with Crippen molar-refractivity contribution in [3.63, 3.8) is 0 Å². The van der Waals surface area contributed by atoms with Gasteiger partial charge in [0.25, 0.3) is 0 Å². The average molecular weight is 246 g/mol. The maximum absolute atomic E-state index is 5.94. The first-order valence-corrected chi connectivity index (χ1v) is 7.21. The van der Waals surface area contributed by atoms with E-state index in [1.165, 1.54) is 43.2 Å². The van der Waals surface area contributed by atoms with Crippen LogP contribution >= 0.6 is 0 Å². The predicted molar refractivity (Wildman–Crippen MR) is 78.5 cm³/mol. The van der Waals surface area contributed by atoms with Gasteiger partial charge in [0.2, 0.25) is 0 Å². The highest BCUT2D eigenvalue weighted by Crippen LogP contribution is 2.40. The van der Waals surface area contributed by atoms with Crippen LogP contribution in [0.5, 0.6) is 0 Å². The van der Waals surface area contributed by atoms with E-state index in [0.717, 1.165) is 18.8 Å². The predicted octanol–water partition coefficient (Wildman–Crippen LogP) is 3.64. The number of benzene rings is 1. The van der Waals surface area contributed by atoms with E-state index in [-0.39, 0.29) is 0 Å².